The monoisotopic (exact) mass is 500 g/mol. The molecular formula is C27H56O4Si2. The molecule has 1 aliphatic rings. The van der Waals surface area contributed by atoms with Crippen molar-refractivity contribution in [2.45, 2.75) is 142 Å². The number of hydrogen-bond donors (Lipinski definition) is 2. The van der Waals surface area contributed by atoms with E-state index in [1.54, 1.807) is 0 Å². The van der Waals surface area contributed by atoms with Crippen LogP contribution in [0.2, 0.25) is 36.3 Å². The predicted molar refractivity (Wildman–Crippen MR) is 147 cm³/mol. The van der Waals surface area contributed by atoms with Crippen molar-refractivity contribution in [3.8, 4) is 0 Å². The highest BCUT2D eigenvalue weighted by atomic mass is 28.4. The van der Waals surface area contributed by atoms with Gasteiger partial charge in [-0.05, 0) is 61.4 Å². The first-order chi connectivity index (χ1) is 15.0. The number of rotatable bonds is 12. The Bertz CT molecular complexity index is 604. The Labute approximate surface area is 207 Å². The Morgan fingerprint density at radius 2 is 1.42 bits per heavy atom. The van der Waals surface area contributed by atoms with Crippen LogP contribution in [0.25, 0.3) is 0 Å². The van der Waals surface area contributed by atoms with Crippen LogP contribution in [-0.2, 0) is 8.85 Å². The molecule has 1 aliphatic carbocycles. The molecule has 0 saturated heterocycles. The van der Waals surface area contributed by atoms with Gasteiger partial charge in [0.25, 0.3) is 0 Å². The van der Waals surface area contributed by atoms with Crippen molar-refractivity contribution in [1.29, 1.82) is 0 Å². The Kier molecular flexibility index (Phi) is 11.6. The molecule has 2 N–H and O–H groups in total. The lowest BCUT2D eigenvalue weighted by Gasteiger charge is -2.40. The minimum Gasteiger partial charge on any atom is -0.414 e. The van der Waals surface area contributed by atoms with E-state index in [1.165, 1.54) is 0 Å². The van der Waals surface area contributed by atoms with Crippen LogP contribution in [0.1, 0.15) is 87.0 Å². The van der Waals surface area contributed by atoms with Gasteiger partial charge in [-0.25, -0.2) is 0 Å². The van der Waals surface area contributed by atoms with Crippen molar-refractivity contribution >= 4 is 16.6 Å². The molecule has 0 unspecified atom stereocenters. The molecule has 0 amide bonds. The van der Waals surface area contributed by atoms with E-state index in [0.29, 0.717) is 6.42 Å². The standard InChI is InChI=1S/C27H56O4Si2/c1-12-13-14-15-21(29)16-17-22-23(18-19-28)25(31-33(10,11)27(5,6)7)20-24(22)30-32(8,9)26(2,3)4/h16-17,21-25,28-29H,12-15,18-20H2,1-11H3/b17-16+/t21-,22-,23+,24+,25-/m0/s1. The Morgan fingerprint density at radius 3 is 1.88 bits per heavy atom. The summed E-state index contributed by atoms with van der Waals surface area (Å²) in [5.74, 6) is 0.361. The highest BCUT2D eigenvalue weighted by Gasteiger charge is 2.50. The highest BCUT2D eigenvalue weighted by molar-refractivity contribution is 6.74. The maximum Gasteiger partial charge on any atom is 0.192 e. The van der Waals surface area contributed by atoms with E-state index in [4.69, 9.17) is 8.85 Å². The quantitative estimate of drug-likeness (QED) is 0.168. The van der Waals surface area contributed by atoms with Gasteiger partial charge in [0, 0.05) is 12.5 Å². The highest BCUT2D eigenvalue weighted by Crippen LogP contribution is 2.47. The summed E-state index contributed by atoms with van der Waals surface area (Å²) in [4.78, 5) is 0. The summed E-state index contributed by atoms with van der Waals surface area (Å²) in [6, 6.07) is 0. The lowest BCUT2D eigenvalue weighted by Crippen LogP contribution is -2.45. The third-order valence-corrected chi connectivity index (χ3v) is 17.5. The molecule has 0 aromatic carbocycles. The van der Waals surface area contributed by atoms with Crippen LogP contribution < -0.4 is 0 Å². The minimum absolute atomic E-state index is 0.0660. The fraction of sp³-hybridized carbons (Fsp3) is 0.926. The zero-order valence-electron chi connectivity index (χ0n) is 23.7. The molecule has 0 spiro atoms. The summed E-state index contributed by atoms with van der Waals surface area (Å²) in [5, 5.41) is 20.8. The summed E-state index contributed by atoms with van der Waals surface area (Å²) in [7, 11) is -3.94. The van der Waals surface area contributed by atoms with Crippen LogP contribution in [0.4, 0.5) is 0 Å². The van der Waals surface area contributed by atoms with Crippen LogP contribution >= 0.6 is 0 Å². The lowest BCUT2D eigenvalue weighted by molar-refractivity contribution is 0.111. The summed E-state index contributed by atoms with van der Waals surface area (Å²) in [6.07, 6.45) is 9.66. The van der Waals surface area contributed by atoms with E-state index in [0.717, 1.165) is 32.1 Å². The Hall–Kier alpha value is 0.0138. The lowest BCUT2D eigenvalue weighted by atomic mass is 9.90. The van der Waals surface area contributed by atoms with Crippen molar-refractivity contribution < 1.29 is 19.1 Å². The Balaban J connectivity index is 3.23. The van der Waals surface area contributed by atoms with Crippen LogP contribution in [0.5, 0.6) is 0 Å². The first-order valence-electron chi connectivity index (χ1n) is 13.3. The number of aliphatic hydroxyl groups is 2. The molecule has 1 rings (SSSR count). The molecule has 0 bridgehead atoms. The molecule has 33 heavy (non-hydrogen) atoms. The van der Waals surface area contributed by atoms with Gasteiger partial charge in [-0.1, -0.05) is 79.9 Å². The van der Waals surface area contributed by atoms with Crippen LogP contribution in [0.3, 0.4) is 0 Å². The SMILES string of the molecule is CCCCC[C@H](O)/C=C/[C@H]1[C@@H](CCO)[C@@H](O[Si](C)(C)C(C)(C)C)C[C@H]1O[Si](C)(C)C(C)(C)C. The van der Waals surface area contributed by atoms with Crippen molar-refractivity contribution in [2.75, 3.05) is 6.61 Å². The van der Waals surface area contributed by atoms with Gasteiger partial charge >= 0.3 is 0 Å². The van der Waals surface area contributed by atoms with Crippen LogP contribution in [0, 0.1) is 11.8 Å². The second-order valence-corrected chi connectivity index (χ2v) is 22.8. The van der Waals surface area contributed by atoms with Crippen molar-refractivity contribution in [3.05, 3.63) is 12.2 Å². The first-order valence-corrected chi connectivity index (χ1v) is 19.1. The second-order valence-electron chi connectivity index (χ2n) is 13.3. The summed E-state index contributed by atoms with van der Waals surface area (Å²) in [6.45, 7) is 25.3. The molecule has 5 atom stereocenters. The second kappa shape index (κ2) is 12.3. The largest absolute Gasteiger partial charge is 0.414 e. The molecule has 0 radical (unpaired) electrons. The van der Waals surface area contributed by atoms with Crippen molar-refractivity contribution in [3.63, 3.8) is 0 Å². The van der Waals surface area contributed by atoms with Gasteiger partial charge < -0.3 is 19.1 Å². The van der Waals surface area contributed by atoms with Gasteiger partial charge in [-0.3, -0.25) is 0 Å². The number of unbranched alkanes of at least 4 members (excludes halogenated alkanes) is 2. The van der Waals surface area contributed by atoms with Crippen molar-refractivity contribution in [1.82, 2.24) is 0 Å². The molecule has 4 nitrogen and oxygen atoms in total. The van der Waals surface area contributed by atoms with Gasteiger partial charge in [-0.2, -0.15) is 0 Å². The maximum absolute atomic E-state index is 10.6. The smallest absolute Gasteiger partial charge is 0.192 e. The summed E-state index contributed by atoms with van der Waals surface area (Å²) >= 11 is 0. The van der Waals surface area contributed by atoms with Gasteiger partial charge in [0.1, 0.15) is 0 Å². The van der Waals surface area contributed by atoms with E-state index >= 15 is 0 Å². The molecule has 1 fully saturated rings. The molecule has 196 valence electrons. The van der Waals surface area contributed by atoms with E-state index in [9.17, 15) is 10.2 Å². The van der Waals surface area contributed by atoms with Gasteiger partial charge in [0.2, 0.25) is 0 Å². The molecule has 6 heteroatoms. The topological polar surface area (TPSA) is 58.9 Å². The zero-order chi connectivity index (χ0) is 25.7. The van der Waals surface area contributed by atoms with E-state index < -0.39 is 22.7 Å². The molecule has 1 saturated carbocycles. The van der Waals surface area contributed by atoms with E-state index in [1.807, 2.05) is 6.08 Å². The zero-order valence-corrected chi connectivity index (χ0v) is 25.7. The molecular weight excluding hydrogens is 444 g/mol. The average molecular weight is 501 g/mol. The van der Waals surface area contributed by atoms with Crippen LogP contribution in [0.15, 0.2) is 12.2 Å². The molecule has 0 aromatic rings. The maximum atomic E-state index is 10.6. The van der Waals surface area contributed by atoms with E-state index in [-0.39, 0.29) is 40.7 Å². The third kappa shape index (κ3) is 8.87. The first kappa shape index (κ1) is 31.0. The van der Waals surface area contributed by atoms with E-state index in [2.05, 4.69) is 80.7 Å². The molecule has 0 heterocycles. The average Bonchev–Trinajstić information content (AvgIpc) is 2.93. The molecule has 0 aliphatic heterocycles. The summed E-state index contributed by atoms with van der Waals surface area (Å²) < 4.78 is 13.9. The third-order valence-electron chi connectivity index (χ3n) is 8.49. The number of aliphatic hydroxyl groups excluding tert-OH is 2. The van der Waals surface area contributed by atoms with Gasteiger partial charge in [0.05, 0.1) is 18.3 Å². The van der Waals surface area contributed by atoms with Crippen molar-refractivity contribution in [2.24, 2.45) is 11.8 Å². The van der Waals surface area contributed by atoms with Gasteiger partial charge in [-0.15, -0.1) is 0 Å². The fourth-order valence-electron chi connectivity index (χ4n) is 4.21. The summed E-state index contributed by atoms with van der Waals surface area (Å²) in [5.41, 5.74) is 0. The fourth-order valence-corrected chi connectivity index (χ4v) is 6.95. The van der Waals surface area contributed by atoms with Gasteiger partial charge in [0.15, 0.2) is 16.6 Å². The molecule has 0 aromatic heterocycles. The van der Waals surface area contributed by atoms with Crippen LogP contribution in [-0.4, -0.2) is 51.8 Å². The predicted octanol–water partition coefficient (Wildman–Crippen LogP) is 7.28. The number of hydrogen-bond acceptors (Lipinski definition) is 4. The minimum atomic E-state index is -1.97. The normalized spacial score (nSPS) is 26.3. The Morgan fingerprint density at radius 1 is 0.909 bits per heavy atom.